The number of hydrogen-bond acceptors (Lipinski definition) is 6. The van der Waals surface area contributed by atoms with E-state index in [-0.39, 0.29) is 13.4 Å². The van der Waals surface area contributed by atoms with Gasteiger partial charge in [0.25, 0.3) is 0 Å². The smallest absolute Gasteiger partial charge is 0.249 e. The van der Waals surface area contributed by atoms with Gasteiger partial charge in [0.05, 0.1) is 38.8 Å². The van der Waals surface area contributed by atoms with Crippen LogP contribution in [0.5, 0.6) is 0 Å². The molecule has 4 aliphatic heterocycles. The van der Waals surface area contributed by atoms with Crippen molar-refractivity contribution in [2.45, 2.75) is 19.6 Å². The van der Waals surface area contributed by atoms with Gasteiger partial charge in [-0.15, -0.1) is 0 Å². The third-order valence-corrected chi connectivity index (χ3v) is 26.1. The van der Waals surface area contributed by atoms with E-state index in [2.05, 4.69) is 428 Å². The van der Waals surface area contributed by atoms with Crippen LogP contribution in [0.25, 0.3) is 82.5 Å². The highest BCUT2D eigenvalue weighted by molar-refractivity contribution is 8.01. The molecule has 0 fully saturated rings. The largest absolute Gasteiger partial charge is 0.311 e. The summed E-state index contributed by atoms with van der Waals surface area (Å²) < 4.78 is 7.97. The highest BCUT2D eigenvalue weighted by Gasteiger charge is 2.49. The first kappa shape index (κ1) is 64.0. The molecule has 0 bridgehead atoms. The number of anilines is 12. The van der Waals surface area contributed by atoms with Crippen molar-refractivity contribution >= 4 is 203 Å². The van der Waals surface area contributed by atoms with E-state index in [1.165, 1.54) is 101 Å². The minimum atomic E-state index is -0.231. The number of fused-ring (bicyclic) bond motifs is 20. The van der Waals surface area contributed by atoms with Gasteiger partial charge in [0.2, 0.25) is 13.4 Å². The van der Waals surface area contributed by atoms with Crippen molar-refractivity contribution in [1.29, 1.82) is 0 Å². The van der Waals surface area contributed by atoms with Crippen molar-refractivity contribution in [3.05, 3.63) is 394 Å². The summed E-state index contributed by atoms with van der Waals surface area (Å²) in [7, 11) is 0. The Morgan fingerprint density at radius 1 is 0.230 bits per heavy atom. The third-order valence-electron chi connectivity index (χ3n) is 23.7. The van der Waals surface area contributed by atoms with E-state index >= 15 is 0 Å². The molecule has 0 radical (unpaired) electrons. The van der Waals surface area contributed by atoms with Gasteiger partial charge in [-0.1, -0.05) is 277 Å². The Labute approximate surface area is 662 Å². The topological polar surface area (TPSA) is 27.8 Å². The van der Waals surface area contributed by atoms with Gasteiger partial charge >= 0.3 is 0 Å². The Balaban J connectivity index is 0.904. The zero-order valence-corrected chi connectivity index (χ0v) is 62.8. The first-order valence-corrected chi connectivity index (χ1v) is 40.4. The fourth-order valence-electron chi connectivity index (χ4n) is 19.4. The number of aromatic nitrogens is 3. The lowest BCUT2D eigenvalue weighted by atomic mass is 9.31. The molecule has 7 heterocycles. The molecule has 7 nitrogen and oxygen atoms in total. The van der Waals surface area contributed by atoms with Crippen LogP contribution in [0, 0.1) is 0 Å². The van der Waals surface area contributed by atoms with E-state index < -0.39 is 0 Å². The lowest BCUT2D eigenvalue weighted by Crippen LogP contribution is -2.64. The Hall–Kier alpha value is -13.8. The number of hydrogen-bond donors (Lipinski definition) is 0. The molecule has 11 heteroatoms. The van der Waals surface area contributed by atoms with Gasteiger partial charge in [-0.05, 0) is 174 Å². The van der Waals surface area contributed by atoms with Gasteiger partial charge in [-0.2, -0.15) is 0 Å². The molecular weight excluding hydrogens is 1410 g/mol. The normalized spacial score (nSPS) is 13.0. The zero-order valence-electron chi connectivity index (χ0n) is 61.1. The summed E-state index contributed by atoms with van der Waals surface area (Å²) in [4.78, 5) is 14.9. The van der Waals surface area contributed by atoms with Crippen LogP contribution in [-0.2, 0) is 0 Å². The molecule has 17 aromatic carbocycles. The number of nitrogens with zero attached hydrogens (tertiary/aromatic N) is 7. The maximum Gasteiger partial charge on any atom is 0.249 e. The summed E-state index contributed by atoms with van der Waals surface area (Å²) in [6, 6.07) is 147. The Morgan fingerprint density at radius 3 is 0.885 bits per heavy atom. The summed E-state index contributed by atoms with van der Waals surface area (Å²) in [6.45, 7) is -0.461. The predicted molar refractivity (Wildman–Crippen MR) is 479 cm³/mol. The zero-order chi connectivity index (χ0) is 73.9. The average molecular weight is 1470 g/mol. The van der Waals surface area contributed by atoms with E-state index in [0.717, 1.165) is 102 Å². The van der Waals surface area contributed by atoms with Gasteiger partial charge in [0.1, 0.15) is 0 Å². The van der Waals surface area contributed by atoms with Crippen molar-refractivity contribution in [1.82, 2.24) is 13.7 Å². The summed E-state index contributed by atoms with van der Waals surface area (Å²) in [5.74, 6) is 0. The number of rotatable bonds is 11. The molecule has 0 saturated heterocycles. The average Bonchev–Trinajstić information content (AvgIpc) is 1.53. The standard InChI is InChI=1S/C102H65B2N7S2/c1-9-35-66(36-10-1)105(67-37-11-2-12-38-67)74-61-88-95-90(63-74)112-101-81(103(95)79-54-28-33-59-86(79)107(88)70-43-17-5-18-44-70)65-82-102(113-91-64-75(106(68-39-13-3-14-40-68)69-41-15-4-16-42-69)62-89-96(91)104(82)80-55-29-34-60-87(80)108(89)71-45-19-6-20-46-71)100(101)111-85-58-32-27-53-78(85)94-98-92(76-51-25-30-56-83(76)109(98)72-47-21-7-22-48-72)97-93(99(94)111)77-52-26-31-57-84(77)110(97)73-49-23-8-24-50-73/h1-65H. The first-order valence-electron chi connectivity index (χ1n) is 38.8. The van der Waals surface area contributed by atoms with Crippen LogP contribution in [0.15, 0.2) is 414 Å². The third kappa shape index (κ3) is 9.50. The van der Waals surface area contributed by atoms with E-state index in [4.69, 9.17) is 0 Å². The second-order valence-electron chi connectivity index (χ2n) is 29.8. The summed E-state index contributed by atoms with van der Waals surface area (Å²) in [5.41, 5.74) is 31.3. The molecule has 20 aromatic rings. The highest BCUT2D eigenvalue weighted by Crippen LogP contribution is 2.56. The molecule has 0 saturated carbocycles. The molecular formula is C102H65B2N7S2. The minimum absolute atomic E-state index is 0.231. The van der Waals surface area contributed by atoms with E-state index in [0.29, 0.717) is 0 Å². The molecule has 113 heavy (non-hydrogen) atoms. The molecule has 0 unspecified atom stereocenters. The van der Waals surface area contributed by atoms with Gasteiger partial charge in [0.15, 0.2) is 0 Å². The maximum atomic E-state index is 2.81. The van der Waals surface area contributed by atoms with Crippen LogP contribution in [0.4, 0.5) is 68.2 Å². The van der Waals surface area contributed by atoms with Gasteiger partial charge in [-0.3, -0.25) is 0 Å². The summed E-state index contributed by atoms with van der Waals surface area (Å²) >= 11 is 3.91. The van der Waals surface area contributed by atoms with Gasteiger partial charge in [-0.25, -0.2) is 0 Å². The van der Waals surface area contributed by atoms with Crippen molar-refractivity contribution in [2.75, 3.05) is 19.6 Å². The van der Waals surface area contributed by atoms with Crippen LogP contribution >= 0.6 is 23.5 Å². The van der Waals surface area contributed by atoms with E-state index in [1.54, 1.807) is 0 Å². The van der Waals surface area contributed by atoms with Crippen molar-refractivity contribution in [3.63, 3.8) is 0 Å². The molecule has 0 spiro atoms. The highest BCUT2D eigenvalue weighted by atomic mass is 32.2. The van der Waals surface area contributed by atoms with Crippen LogP contribution in [-0.4, -0.2) is 27.1 Å². The fraction of sp³-hybridized carbons (Fsp3) is 0. The fourth-order valence-corrected chi connectivity index (χ4v) is 22.1. The van der Waals surface area contributed by atoms with E-state index in [9.17, 15) is 0 Å². The van der Waals surface area contributed by atoms with Crippen molar-refractivity contribution in [2.24, 2.45) is 0 Å². The Bertz CT molecular complexity index is 6860. The molecule has 0 amide bonds. The molecule has 3 aromatic heterocycles. The van der Waals surface area contributed by atoms with Crippen LogP contribution in [0.1, 0.15) is 0 Å². The SMILES string of the molecule is c1ccc(N(c2ccccc2)c2cc3c4c(c2)N(c2ccccc2)c2ccccc2B4c2cc4c(c(-n5c6ccccc6c6c7c(c8ccccc8n7-c7ccccc7)c7c(c8ccccc8n7-c7ccccc7)c65)c2S3)Sc2cc(N(c3ccccc3)c3ccccc3)cc3c2B4c2ccccc2N3c2ccccc2)cc1. The minimum Gasteiger partial charge on any atom is -0.311 e. The van der Waals surface area contributed by atoms with Crippen molar-refractivity contribution in [3.8, 4) is 17.1 Å². The molecule has 526 valence electrons. The Kier molecular flexibility index (Phi) is 14.4. The van der Waals surface area contributed by atoms with Crippen LogP contribution in [0.3, 0.4) is 0 Å². The number of benzene rings is 17. The van der Waals surface area contributed by atoms with Crippen LogP contribution in [0.2, 0.25) is 0 Å². The van der Waals surface area contributed by atoms with Gasteiger partial charge in [0, 0.05) is 132 Å². The molecule has 24 rings (SSSR count). The molecule has 0 aliphatic carbocycles. The van der Waals surface area contributed by atoms with Crippen LogP contribution < -0.4 is 52.4 Å². The molecule has 4 aliphatic rings. The van der Waals surface area contributed by atoms with Crippen molar-refractivity contribution < 1.29 is 0 Å². The van der Waals surface area contributed by atoms with E-state index in [1.807, 2.05) is 23.5 Å². The molecule has 0 atom stereocenters. The maximum absolute atomic E-state index is 2.81. The quantitative estimate of drug-likeness (QED) is 0.120. The second kappa shape index (κ2) is 25.4. The predicted octanol–water partition coefficient (Wildman–Crippen LogP) is 23.4. The number of para-hydroxylation sites is 13. The monoisotopic (exact) mass is 1470 g/mol. The Morgan fingerprint density at radius 2 is 0.522 bits per heavy atom. The lowest BCUT2D eigenvalue weighted by Gasteiger charge is -2.44. The first-order chi connectivity index (χ1) is 56.2. The summed E-state index contributed by atoms with van der Waals surface area (Å²) in [5, 5.41) is 7.18. The second-order valence-corrected chi connectivity index (χ2v) is 31.9. The summed E-state index contributed by atoms with van der Waals surface area (Å²) in [6.07, 6.45) is 0. The lowest BCUT2D eigenvalue weighted by molar-refractivity contribution is 1.09. The van der Waals surface area contributed by atoms with Gasteiger partial charge < -0.3 is 33.3 Å². The molecule has 0 N–H and O–H groups in total.